The Morgan fingerprint density at radius 1 is 1.53 bits per heavy atom. The zero-order valence-electron chi connectivity index (χ0n) is 10.7. The molecule has 3 nitrogen and oxygen atoms in total. The molecule has 0 bridgehead atoms. The highest BCUT2D eigenvalue weighted by molar-refractivity contribution is 5.08. The summed E-state index contributed by atoms with van der Waals surface area (Å²) in [5, 5.41) is 3.61. The van der Waals surface area contributed by atoms with Gasteiger partial charge in [-0.1, -0.05) is 13.0 Å². The number of nitrogens with one attached hydrogen (secondary N) is 1. The summed E-state index contributed by atoms with van der Waals surface area (Å²) in [6, 6.07) is 4.86. The van der Waals surface area contributed by atoms with Crippen LogP contribution in [0.25, 0.3) is 0 Å². The minimum absolute atomic E-state index is 0.673. The summed E-state index contributed by atoms with van der Waals surface area (Å²) in [6.45, 7) is 7.01. The van der Waals surface area contributed by atoms with Crippen molar-refractivity contribution in [3.8, 4) is 0 Å². The fraction of sp³-hybridized carbons (Fsp3) is 0.643. The first-order valence-electron chi connectivity index (χ1n) is 6.73. The Hall–Kier alpha value is -0.930. The van der Waals surface area contributed by atoms with Gasteiger partial charge in [-0.3, -0.25) is 4.98 Å². The molecule has 1 fully saturated rings. The molecule has 1 saturated heterocycles. The lowest BCUT2D eigenvalue weighted by Crippen LogP contribution is -2.37. The van der Waals surface area contributed by atoms with Crippen LogP contribution in [0.5, 0.6) is 0 Å². The van der Waals surface area contributed by atoms with Crippen LogP contribution < -0.4 is 5.32 Å². The van der Waals surface area contributed by atoms with Crippen LogP contribution >= 0.6 is 0 Å². The number of rotatable bonds is 4. The Morgan fingerprint density at radius 3 is 3.24 bits per heavy atom. The van der Waals surface area contributed by atoms with E-state index in [-0.39, 0.29) is 0 Å². The second-order valence-electron chi connectivity index (χ2n) is 4.82. The molecule has 0 spiro atoms. The van der Waals surface area contributed by atoms with Crippen molar-refractivity contribution < 1.29 is 0 Å². The monoisotopic (exact) mass is 233 g/mol. The van der Waals surface area contributed by atoms with E-state index in [2.05, 4.69) is 28.2 Å². The van der Waals surface area contributed by atoms with Crippen molar-refractivity contribution in [3.63, 3.8) is 0 Å². The molecular formula is C14H23N3. The van der Waals surface area contributed by atoms with E-state index in [0.29, 0.717) is 6.04 Å². The molecule has 0 aromatic carbocycles. The fourth-order valence-electron chi connectivity index (χ4n) is 2.39. The minimum Gasteiger partial charge on any atom is -0.313 e. The van der Waals surface area contributed by atoms with Gasteiger partial charge in [-0.2, -0.15) is 0 Å². The van der Waals surface area contributed by atoms with E-state index >= 15 is 0 Å². The summed E-state index contributed by atoms with van der Waals surface area (Å²) in [5.41, 5.74) is 1.35. The highest BCUT2D eigenvalue weighted by Crippen LogP contribution is 2.05. The van der Waals surface area contributed by atoms with Crippen LogP contribution in [0.4, 0.5) is 0 Å². The Labute approximate surface area is 104 Å². The van der Waals surface area contributed by atoms with Gasteiger partial charge in [0.15, 0.2) is 0 Å². The molecule has 0 aliphatic carbocycles. The van der Waals surface area contributed by atoms with E-state index in [4.69, 9.17) is 0 Å². The van der Waals surface area contributed by atoms with Crippen LogP contribution in [0.1, 0.15) is 25.3 Å². The lowest BCUT2D eigenvalue weighted by molar-refractivity contribution is 0.268. The molecule has 1 aromatic heterocycles. The van der Waals surface area contributed by atoms with Crippen molar-refractivity contribution in [3.05, 3.63) is 30.1 Å². The van der Waals surface area contributed by atoms with Crippen LogP contribution in [-0.4, -0.2) is 42.1 Å². The summed E-state index contributed by atoms with van der Waals surface area (Å²) >= 11 is 0. The molecule has 1 atom stereocenters. The number of nitrogens with zero attached hydrogens (tertiary/aromatic N) is 2. The van der Waals surface area contributed by atoms with Crippen LogP contribution in [0.3, 0.4) is 0 Å². The molecule has 1 aromatic rings. The molecule has 1 aliphatic heterocycles. The van der Waals surface area contributed by atoms with Crippen LogP contribution in [0.15, 0.2) is 24.5 Å². The van der Waals surface area contributed by atoms with E-state index < -0.39 is 0 Å². The van der Waals surface area contributed by atoms with E-state index in [1.54, 1.807) is 0 Å². The summed E-state index contributed by atoms with van der Waals surface area (Å²) in [5.74, 6) is 0. The Balaban J connectivity index is 1.81. The molecule has 1 aliphatic rings. The zero-order chi connectivity index (χ0) is 11.9. The lowest BCUT2D eigenvalue weighted by atomic mass is 10.2. The highest BCUT2D eigenvalue weighted by atomic mass is 15.2. The van der Waals surface area contributed by atoms with E-state index in [1.165, 1.54) is 38.0 Å². The second kappa shape index (κ2) is 6.72. The van der Waals surface area contributed by atoms with Crippen molar-refractivity contribution in [2.45, 2.75) is 32.2 Å². The predicted molar refractivity (Wildman–Crippen MR) is 71.1 cm³/mol. The summed E-state index contributed by atoms with van der Waals surface area (Å²) in [6.07, 6.45) is 7.43. The van der Waals surface area contributed by atoms with Crippen LogP contribution in [0.2, 0.25) is 0 Å². The molecule has 1 N–H and O–H groups in total. The third-order valence-electron chi connectivity index (χ3n) is 3.50. The van der Waals surface area contributed by atoms with Gasteiger partial charge in [-0.25, -0.2) is 0 Å². The zero-order valence-corrected chi connectivity index (χ0v) is 10.7. The first-order chi connectivity index (χ1) is 8.38. The maximum atomic E-state index is 4.17. The molecular weight excluding hydrogens is 210 g/mol. The van der Waals surface area contributed by atoms with Gasteiger partial charge in [0.1, 0.15) is 0 Å². The average molecular weight is 233 g/mol. The quantitative estimate of drug-likeness (QED) is 0.858. The fourth-order valence-corrected chi connectivity index (χ4v) is 2.39. The van der Waals surface area contributed by atoms with Crippen molar-refractivity contribution in [2.75, 3.05) is 26.2 Å². The predicted octanol–water partition coefficient (Wildman–Crippen LogP) is 1.70. The smallest absolute Gasteiger partial charge is 0.0300 e. The maximum absolute atomic E-state index is 4.17. The van der Waals surface area contributed by atoms with E-state index in [0.717, 1.165) is 13.0 Å². The Morgan fingerprint density at radius 2 is 2.47 bits per heavy atom. The molecule has 2 rings (SSSR count). The Bertz CT molecular complexity index is 313. The van der Waals surface area contributed by atoms with Crippen molar-refractivity contribution >= 4 is 0 Å². The van der Waals surface area contributed by atoms with Crippen LogP contribution in [-0.2, 0) is 6.42 Å². The van der Waals surface area contributed by atoms with Crippen LogP contribution in [0, 0.1) is 0 Å². The highest BCUT2D eigenvalue weighted by Gasteiger charge is 2.15. The Kier molecular flexibility index (Phi) is 4.95. The van der Waals surface area contributed by atoms with Crippen molar-refractivity contribution in [1.82, 2.24) is 15.2 Å². The van der Waals surface area contributed by atoms with Crippen molar-refractivity contribution in [2.24, 2.45) is 0 Å². The summed E-state index contributed by atoms with van der Waals surface area (Å²) < 4.78 is 0. The van der Waals surface area contributed by atoms with E-state index in [9.17, 15) is 0 Å². The van der Waals surface area contributed by atoms with Gasteiger partial charge in [-0.05, 0) is 44.0 Å². The normalized spacial score (nSPS) is 22.3. The molecule has 94 valence electrons. The standard InChI is InChI=1S/C14H23N3/c1-2-14-12-17(9-4-8-16-14)10-6-13-5-3-7-15-11-13/h3,5,7,11,14,16H,2,4,6,8-10,12H2,1H3. The number of hydrogen-bond donors (Lipinski definition) is 1. The largest absolute Gasteiger partial charge is 0.313 e. The third kappa shape index (κ3) is 4.10. The van der Waals surface area contributed by atoms with Gasteiger partial charge in [0.2, 0.25) is 0 Å². The van der Waals surface area contributed by atoms with Crippen molar-refractivity contribution in [1.29, 1.82) is 0 Å². The SMILES string of the molecule is CCC1CN(CCc2cccnc2)CCCN1. The van der Waals surface area contributed by atoms with Gasteiger partial charge in [0.05, 0.1) is 0 Å². The molecule has 0 saturated carbocycles. The summed E-state index contributed by atoms with van der Waals surface area (Å²) in [7, 11) is 0. The lowest BCUT2D eigenvalue weighted by Gasteiger charge is -2.23. The summed E-state index contributed by atoms with van der Waals surface area (Å²) in [4.78, 5) is 6.75. The first-order valence-corrected chi connectivity index (χ1v) is 6.73. The van der Waals surface area contributed by atoms with Gasteiger partial charge >= 0.3 is 0 Å². The molecule has 0 radical (unpaired) electrons. The number of hydrogen-bond acceptors (Lipinski definition) is 3. The van der Waals surface area contributed by atoms with E-state index in [1.807, 2.05) is 18.5 Å². The minimum atomic E-state index is 0.673. The van der Waals surface area contributed by atoms with Gasteiger partial charge in [0, 0.05) is 31.5 Å². The topological polar surface area (TPSA) is 28.2 Å². The van der Waals surface area contributed by atoms with Gasteiger partial charge in [0.25, 0.3) is 0 Å². The maximum Gasteiger partial charge on any atom is 0.0300 e. The molecule has 3 heteroatoms. The number of aromatic nitrogens is 1. The number of pyridine rings is 1. The van der Waals surface area contributed by atoms with Gasteiger partial charge in [-0.15, -0.1) is 0 Å². The third-order valence-corrected chi connectivity index (χ3v) is 3.50. The first kappa shape index (κ1) is 12.5. The van der Waals surface area contributed by atoms with Gasteiger partial charge < -0.3 is 10.2 Å². The molecule has 17 heavy (non-hydrogen) atoms. The molecule has 0 amide bonds. The average Bonchev–Trinajstić information content (AvgIpc) is 2.62. The second-order valence-corrected chi connectivity index (χ2v) is 4.82. The molecule has 1 unspecified atom stereocenters. The molecule has 2 heterocycles.